The van der Waals surface area contributed by atoms with Crippen LogP contribution in [0.3, 0.4) is 0 Å². The molecule has 41 heavy (non-hydrogen) atoms. The van der Waals surface area contributed by atoms with E-state index in [1.807, 2.05) is 37.3 Å². The van der Waals surface area contributed by atoms with Gasteiger partial charge in [-0.15, -0.1) is 6.58 Å². The largest absolute Gasteiger partial charge is 0.405 e. The standard InChI is InChI=1S/C31H43ClN8O/c1-5-8-9-27-30(36-20-28(37-27)29(33)41-31(34)35-7-3)39-18-19-40(25(6-2)21-39)26-14-16-38(17-15-26)22(4)23-10-12-24(32)13-11-23/h5,10-13,20,25-26,33H,1,4,6-9,14-19,21H2,2-3H3,(H2,34,35)/t25-/m0/s1. The number of nitrogens with one attached hydrogen (secondary N) is 1. The molecule has 10 heteroatoms. The Morgan fingerprint density at radius 2 is 1.93 bits per heavy atom. The van der Waals surface area contributed by atoms with Crippen LogP contribution in [0.25, 0.3) is 5.70 Å². The minimum Gasteiger partial charge on any atom is -0.405 e. The summed E-state index contributed by atoms with van der Waals surface area (Å²) in [6.07, 6.45) is 8.26. The van der Waals surface area contributed by atoms with Crippen molar-refractivity contribution in [3.05, 3.63) is 71.7 Å². The Labute approximate surface area is 249 Å². The van der Waals surface area contributed by atoms with Gasteiger partial charge in [0.15, 0.2) is 0 Å². The molecule has 2 aliphatic rings. The molecule has 2 aromatic rings. The Morgan fingerprint density at radius 3 is 2.59 bits per heavy atom. The lowest BCUT2D eigenvalue weighted by atomic mass is 9.97. The summed E-state index contributed by atoms with van der Waals surface area (Å²) in [5.41, 5.74) is 9.15. The van der Waals surface area contributed by atoms with Crippen molar-refractivity contribution >= 4 is 35.0 Å². The number of aliphatic imine (C=N–C) groups is 1. The zero-order valence-corrected chi connectivity index (χ0v) is 25.1. The number of halogens is 1. The third kappa shape index (κ3) is 7.65. The van der Waals surface area contributed by atoms with Gasteiger partial charge in [-0.2, -0.15) is 0 Å². The molecule has 9 nitrogen and oxygen atoms in total. The van der Waals surface area contributed by atoms with Crippen LogP contribution in [0.1, 0.15) is 56.5 Å². The molecule has 3 heterocycles. The molecule has 0 radical (unpaired) electrons. The number of hydrogen-bond acceptors (Lipinski definition) is 8. The molecule has 2 fully saturated rings. The van der Waals surface area contributed by atoms with Gasteiger partial charge in [-0.3, -0.25) is 10.3 Å². The zero-order valence-electron chi connectivity index (χ0n) is 24.4. The van der Waals surface area contributed by atoms with Gasteiger partial charge in [-0.1, -0.05) is 43.3 Å². The molecule has 0 amide bonds. The Bertz CT molecular complexity index is 1240. The number of allylic oxidation sites excluding steroid dienone is 1. The second-order valence-electron chi connectivity index (χ2n) is 10.5. The summed E-state index contributed by atoms with van der Waals surface area (Å²) in [7, 11) is 0. The van der Waals surface area contributed by atoms with E-state index in [4.69, 9.17) is 37.4 Å². The smallest absolute Gasteiger partial charge is 0.288 e. The van der Waals surface area contributed by atoms with E-state index in [-0.39, 0.29) is 11.9 Å². The third-order valence-electron chi connectivity index (χ3n) is 7.95. The molecule has 1 aromatic carbocycles. The van der Waals surface area contributed by atoms with Crippen LogP contribution in [0.15, 0.2) is 54.7 Å². The zero-order chi connectivity index (χ0) is 29.4. The first kappa shape index (κ1) is 30.5. The quantitative estimate of drug-likeness (QED) is 0.233. The summed E-state index contributed by atoms with van der Waals surface area (Å²) in [4.78, 5) is 21.0. The molecule has 2 aliphatic heterocycles. The maximum Gasteiger partial charge on any atom is 0.288 e. The molecule has 220 valence electrons. The second-order valence-corrected chi connectivity index (χ2v) is 11.0. The molecule has 3 N–H and O–H groups in total. The van der Waals surface area contributed by atoms with Crippen LogP contribution in [-0.4, -0.2) is 83.0 Å². The van der Waals surface area contributed by atoms with E-state index in [0.717, 1.165) is 86.2 Å². The maximum atomic E-state index is 8.29. The van der Waals surface area contributed by atoms with Crippen molar-refractivity contribution in [1.82, 2.24) is 19.8 Å². The number of likely N-dealkylation sites (tertiary alicyclic amines) is 1. The predicted octanol–water partition coefficient (Wildman–Crippen LogP) is 4.96. The van der Waals surface area contributed by atoms with Crippen LogP contribution >= 0.6 is 11.6 Å². The Hall–Kier alpha value is -3.43. The van der Waals surface area contributed by atoms with Gasteiger partial charge in [0.05, 0.1) is 11.9 Å². The highest BCUT2D eigenvalue weighted by molar-refractivity contribution is 6.30. The number of aromatic nitrogens is 2. The number of piperidine rings is 1. The number of piperazine rings is 1. The fourth-order valence-corrected chi connectivity index (χ4v) is 5.87. The Balaban J connectivity index is 1.41. The minimum absolute atomic E-state index is 0.0435. The first-order chi connectivity index (χ1) is 19.8. The average Bonchev–Trinajstić information content (AvgIpc) is 2.99. The summed E-state index contributed by atoms with van der Waals surface area (Å²) >= 11 is 6.08. The number of nitrogens with zero attached hydrogens (tertiary/aromatic N) is 6. The number of hydrogen-bond donors (Lipinski definition) is 2. The topological polar surface area (TPSA) is 107 Å². The van der Waals surface area contributed by atoms with Gasteiger partial charge in [-0.25, -0.2) is 15.0 Å². The molecular formula is C31H43ClN8O. The van der Waals surface area contributed by atoms with Gasteiger partial charge in [-0.05, 0) is 56.7 Å². The summed E-state index contributed by atoms with van der Waals surface area (Å²) in [5, 5.41) is 9.03. The highest BCUT2D eigenvalue weighted by atomic mass is 35.5. The molecule has 0 bridgehead atoms. The molecule has 2 saturated heterocycles. The highest BCUT2D eigenvalue weighted by Gasteiger charge is 2.34. The molecule has 0 saturated carbocycles. The molecule has 0 aliphatic carbocycles. The Morgan fingerprint density at radius 1 is 1.20 bits per heavy atom. The lowest BCUT2D eigenvalue weighted by molar-refractivity contribution is 0.0766. The van der Waals surface area contributed by atoms with Crippen molar-refractivity contribution in [3.63, 3.8) is 0 Å². The van der Waals surface area contributed by atoms with Gasteiger partial charge in [0.2, 0.25) is 5.90 Å². The first-order valence-electron chi connectivity index (χ1n) is 14.6. The fourth-order valence-electron chi connectivity index (χ4n) is 5.74. The average molecular weight is 579 g/mol. The van der Waals surface area contributed by atoms with Gasteiger partial charge >= 0.3 is 0 Å². The van der Waals surface area contributed by atoms with Gasteiger partial charge in [0, 0.05) is 62.1 Å². The van der Waals surface area contributed by atoms with Crippen molar-refractivity contribution in [1.29, 1.82) is 5.41 Å². The minimum atomic E-state index is -0.153. The summed E-state index contributed by atoms with van der Waals surface area (Å²) in [5.74, 6) is 0.728. The lowest BCUT2D eigenvalue weighted by Gasteiger charge is -2.48. The van der Waals surface area contributed by atoms with E-state index in [1.165, 1.54) is 0 Å². The molecule has 1 atom stereocenters. The third-order valence-corrected chi connectivity index (χ3v) is 8.20. The first-order valence-corrected chi connectivity index (χ1v) is 15.0. The van der Waals surface area contributed by atoms with Crippen LogP contribution in [0.2, 0.25) is 5.02 Å². The predicted molar refractivity (Wildman–Crippen MR) is 169 cm³/mol. The number of rotatable bonds is 10. The van der Waals surface area contributed by atoms with Crippen LogP contribution in [-0.2, 0) is 11.2 Å². The van der Waals surface area contributed by atoms with Crippen molar-refractivity contribution < 1.29 is 4.74 Å². The van der Waals surface area contributed by atoms with Crippen LogP contribution in [0.4, 0.5) is 5.82 Å². The van der Waals surface area contributed by atoms with E-state index >= 15 is 0 Å². The number of anilines is 1. The SMILES string of the molecule is C=CCCc1nc(C(=N)OC(N)=NCC)cnc1N1CCN(C2CCN(C(=C)c3ccc(Cl)cc3)CC2)[C@@H](CC)C1. The monoisotopic (exact) mass is 578 g/mol. The normalized spacial score (nSPS) is 18.8. The molecular weight excluding hydrogens is 536 g/mol. The number of ether oxygens (including phenoxy) is 1. The van der Waals surface area contributed by atoms with E-state index in [1.54, 1.807) is 6.20 Å². The van der Waals surface area contributed by atoms with Crippen LogP contribution in [0, 0.1) is 5.41 Å². The van der Waals surface area contributed by atoms with Crippen molar-refractivity contribution in [2.75, 3.05) is 44.2 Å². The van der Waals surface area contributed by atoms with Gasteiger partial charge in [0.1, 0.15) is 11.5 Å². The van der Waals surface area contributed by atoms with Crippen molar-refractivity contribution in [2.45, 2.75) is 58.0 Å². The summed E-state index contributed by atoms with van der Waals surface area (Å²) in [6, 6.07) is 8.90. The summed E-state index contributed by atoms with van der Waals surface area (Å²) in [6.45, 7) is 17.6. The van der Waals surface area contributed by atoms with Gasteiger partial charge in [0.25, 0.3) is 6.02 Å². The molecule has 0 unspecified atom stereocenters. The van der Waals surface area contributed by atoms with E-state index < -0.39 is 0 Å². The molecule has 0 spiro atoms. The van der Waals surface area contributed by atoms with E-state index in [2.05, 4.69) is 39.8 Å². The fraction of sp³-hybridized carbons (Fsp3) is 0.484. The van der Waals surface area contributed by atoms with E-state index in [0.29, 0.717) is 30.7 Å². The van der Waals surface area contributed by atoms with Crippen molar-refractivity contribution in [3.8, 4) is 0 Å². The summed E-state index contributed by atoms with van der Waals surface area (Å²) < 4.78 is 5.34. The van der Waals surface area contributed by atoms with Crippen LogP contribution in [0.5, 0.6) is 0 Å². The number of nitrogens with two attached hydrogens (primary N) is 1. The van der Waals surface area contributed by atoms with Crippen molar-refractivity contribution in [2.24, 2.45) is 10.7 Å². The molecule has 4 rings (SSSR count). The second kappa shape index (κ2) is 14.5. The lowest BCUT2D eigenvalue weighted by Crippen LogP contribution is -2.58. The van der Waals surface area contributed by atoms with E-state index in [9.17, 15) is 0 Å². The molecule has 1 aromatic heterocycles. The maximum absolute atomic E-state index is 8.29. The highest BCUT2D eigenvalue weighted by Crippen LogP contribution is 2.30. The number of benzene rings is 1. The van der Waals surface area contributed by atoms with Gasteiger partial charge < -0.3 is 20.3 Å². The Kier molecular flexibility index (Phi) is 10.8. The van der Waals surface area contributed by atoms with Crippen LogP contribution < -0.4 is 10.6 Å². The number of amidine groups is 1. The number of aryl methyl sites for hydroxylation is 1.